The van der Waals surface area contributed by atoms with E-state index in [1.165, 1.54) is 18.6 Å². The van der Waals surface area contributed by atoms with E-state index in [1.54, 1.807) is 0 Å². The van der Waals surface area contributed by atoms with Crippen LogP contribution in [0.5, 0.6) is 0 Å². The summed E-state index contributed by atoms with van der Waals surface area (Å²) >= 11 is 0. The molecule has 0 fully saturated rings. The first-order chi connectivity index (χ1) is 6.07. The highest BCUT2D eigenvalue weighted by molar-refractivity contribution is 7.96. The minimum Gasteiger partial charge on any atom is -1.00 e. The Kier molecular flexibility index (Phi) is 25.1. The molecule has 0 heterocycles. The van der Waals surface area contributed by atoms with Crippen LogP contribution < -0.4 is 18.1 Å². The summed E-state index contributed by atoms with van der Waals surface area (Å²) in [5.74, 6) is 1.28. The van der Waals surface area contributed by atoms with Crippen LogP contribution in [0.4, 0.5) is 0 Å². The quantitative estimate of drug-likeness (QED) is 0.555. The SMILES string of the molecule is CCCC[S+](C)CC[C@H](N)C(=O)O.Cl.S.[Cl-]. The van der Waals surface area contributed by atoms with Crippen molar-refractivity contribution >= 4 is 42.8 Å². The lowest BCUT2D eigenvalue weighted by Gasteiger charge is -2.05. The van der Waals surface area contributed by atoms with E-state index in [1.807, 2.05) is 0 Å². The second-order valence-corrected chi connectivity index (χ2v) is 5.66. The summed E-state index contributed by atoms with van der Waals surface area (Å²) in [6, 6.07) is -0.670. The number of halogens is 2. The molecule has 0 aromatic heterocycles. The van der Waals surface area contributed by atoms with Gasteiger partial charge in [0.25, 0.3) is 0 Å². The Labute approximate surface area is 121 Å². The minimum absolute atomic E-state index is 0. The van der Waals surface area contributed by atoms with Crippen LogP contribution in [-0.2, 0) is 15.7 Å². The van der Waals surface area contributed by atoms with Crippen LogP contribution in [0.15, 0.2) is 0 Å². The molecular weight excluding hydrogens is 289 g/mol. The number of hydrogen-bond donors (Lipinski definition) is 2. The highest BCUT2D eigenvalue weighted by Gasteiger charge is 2.17. The van der Waals surface area contributed by atoms with E-state index in [0.29, 0.717) is 17.3 Å². The summed E-state index contributed by atoms with van der Waals surface area (Å²) in [6.07, 6.45) is 5.24. The predicted octanol–water partition coefficient (Wildman–Crippen LogP) is -1.62. The van der Waals surface area contributed by atoms with Gasteiger partial charge in [0.1, 0.15) is 17.5 Å². The Morgan fingerprint density at radius 3 is 2.31 bits per heavy atom. The Hall–Kier alpha value is 0.710. The van der Waals surface area contributed by atoms with E-state index in [4.69, 9.17) is 10.8 Å². The van der Waals surface area contributed by atoms with Gasteiger partial charge in [-0.25, -0.2) is 0 Å². The molecule has 0 aliphatic heterocycles. The molecule has 0 aliphatic carbocycles. The third kappa shape index (κ3) is 14.7. The normalized spacial score (nSPS) is 12.4. The van der Waals surface area contributed by atoms with E-state index in [0.717, 1.165) is 5.75 Å². The van der Waals surface area contributed by atoms with Gasteiger partial charge in [-0.15, -0.1) is 12.4 Å². The summed E-state index contributed by atoms with van der Waals surface area (Å²) in [4.78, 5) is 10.4. The molecule has 0 radical (unpaired) electrons. The second-order valence-electron chi connectivity index (χ2n) is 3.28. The molecule has 0 aromatic carbocycles. The lowest BCUT2D eigenvalue weighted by molar-refractivity contribution is -0.138. The highest BCUT2D eigenvalue weighted by atomic mass is 35.5. The maximum absolute atomic E-state index is 10.4. The highest BCUT2D eigenvalue weighted by Crippen LogP contribution is 2.01. The number of unbranched alkanes of at least 4 members (excludes halogenated alkanes) is 1. The van der Waals surface area contributed by atoms with Gasteiger partial charge >= 0.3 is 5.97 Å². The van der Waals surface area contributed by atoms with Crippen molar-refractivity contribution in [2.75, 3.05) is 17.8 Å². The van der Waals surface area contributed by atoms with E-state index in [9.17, 15) is 4.79 Å². The van der Waals surface area contributed by atoms with E-state index in [2.05, 4.69) is 13.2 Å². The zero-order valence-corrected chi connectivity index (χ0v) is 13.1. The van der Waals surface area contributed by atoms with Crippen LogP contribution in [0.25, 0.3) is 0 Å². The first kappa shape index (κ1) is 25.5. The van der Waals surface area contributed by atoms with Crippen LogP contribution in [-0.4, -0.2) is 34.9 Å². The maximum Gasteiger partial charge on any atom is 0.320 e. The van der Waals surface area contributed by atoms with Gasteiger partial charge in [-0.2, -0.15) is 13.5 Å². The number of aliphatic carboxylic acids is 1. The van der Waals surface area contributed by atoms with Crippen molar-refractivity contribution in [2.24, 2.45) is 5.73 Å². The average molecular weight is 312 g/mol. The van der Waals surface area contributed by atoms with Crippen LogP contribution >= 0.6 is 25.9 Å². The van der Waals surface area contributed by atoms with Crippen molar-refractivity contribution in [3.8, 4) is 0 Å². The molecule has 2 atom stereocenters. The Bertz CT molecular complexity index is 164. The van der Waals surface area contributed by atoms with Crippen molar-refractivity contribution in [1.82, 2.24) is 0 Å². The third-order valence-corrected chi connectivity index (χ3v) is 3.86. The average Bonchev–Trinajstić information content (AvgIpc) is 2.10. The fourth-order valence-corrected chi connectivity index (χ4v) is 2.59. The standard InChI is InChI=1S/C9H19NO2S.2ClH.H2S/c1-3-4-6-13(2)7-5-8(10)9(11)12;;;/h8H,3-7,10H2,1-2H3;2*1H;1H2/t8-,13?;;;/m0.../s1. The van der Waals surface area contributed by atoms with Gasteiger partial charge in [-0.05, 0) is 17.3 Å². The Morgan fingerprint density at radius 2 is 1.94 bits per heavy atom. The molecule has 0 amide bonds. The number of hydrogen-bond acceptors (Lipinski definition) is 2. The molecule has 7 heteroatoms. The topological polar surface area (TPSA) is 63.3 Å². The van der Waals surface area contributed by atoms with Gasteiger partial charge in [-0.3, -0.25) is 4.79 Å². The maximum atomic E-state index is 10.4. The molecule has 0 saturated heterocycles. The second kappa shape index (κ2) is 15.7. The number of rotatable bonds is 7. The van der Waals surface area contributed by atoms with E-state index < -0.39 is 12.0 Å². The van der Waals surface area contributed by atoms with Crippen molar-refractivity contribution in [3.05, 3.63) is 0 Å². The first-order valence-corrected chi connectivity index (χ1v) is 6.62. The van der Waals surface area contributed by atoms with Crippen LogP contribution in [0.2, 0.25) is 0 Å². The number of nitrogens with two attached hydrogens (primary N) is 1. The van der Waals surface area contributed by atoms with Gasteiger partial charge in [-0.1, -0.05) is 13.3 Å². The van der Waals surface area contributed by atoms with Gasteiger partial charge in [0, 0.05) is 6.42 Å². The zero-order chi connectivity index (χ0) is 10.3. The third-order valence-electron chi connectivity index (χ3n) is 1.94. The monoisotopic (exact) mass is 311 g/mol. The van der Waals surface area contributed by atoms with Gasteiger partial charge in [0.05, 0.1) is 6.26 Å². The van der Waals surface area contributed by atoms with Gasteiger partial charge in [0.2, 0.25) is 0 Å². The summed E-state index contributed by atoms with van der Waals surface area (Å²) in [6.45, 7) is 2.17. The van der Waals surface area contributed by atoms with Gasteiger partial charge in [0.15, 0.2) is 0 Å². The predicted molar refractivity (Wildman–Crippen MR) is 75.8 cm³/mol. The zero-order valence-electron chi connectivity index (χ0n) is 9.74. The molecule has 0 saturated carbocycles. The molecule has 3 N–H and O–H groups in total. The van der Waals surface area contributed by atoms with Crippen molar-refractivity contribution in [2.45, 2.75) is 32.2 Å². The Balaban J connectivity index is -0.000000240. The molecule has 0 aromatic rings. The van der Waals surface area contributed by atoms with Crippen molar-refractivity contribution in [3.63, 3.8) is 0 Å². The molecule has 3 nitrogen and oxygen atoms in total. The number of carboxylic acid groups (broad SMARTS) is 1. The fourth-order valence-electron chi connectivity index (χ4n) is 0.944. The van der Waals surface area contributed by atoms with Crippen molar-refractivity contribution < 1.29 is 22.3 Å². The lowest BCUT2D eigenvalue weighted by atomic mass is 10.2. The Morgan fingerprint density at radius 1 is 1.44 bits per heavy atom. The number of carboxylic acids is 1. The summed E-state index contributed by atoms with van der Waals surface area (Å²) in [5, 5.41) is 8.55. The van der Waals surface area contributed by atoms with Crippen LogP contribution in [0.3, 0.4) is 0 Å². The van der Waals surface area contributed by atoms with E-state index in [-0.39, 0.29) is 38.3 Å². The molecule has 1 unspecified atom stereocenters. The molecule has 0 spiro atoms. The molecule has 0 aliphatic rings. The number of carbonyl (C=O) groups is 1. The molecule has 102 valence electrons. The molecule has 0 rings (SSSR count). The molecule has 16 heavy (non-hydrogen) atoms. The smallest absolute Gasteiger partial charge is 0.320 e. The van der Waals surface area contributed by atoms with Gasteiger partial charge < -0.3 is 23.2 Å². The molecular formula is C9H23Cl2NO2S2. The summed E-state index contributed by atoms with van der Waals surface area (Å²) in [7, 11) is 0.350. The minimum atomic E-state index is -0.882. The molecule has 0 bridgehead atoms. The lowest BCUT2D eigenvalue weighted by Crippen LogP contribution is -3.00. The van der Waals surface area contributed by atoms with Crippen LogP contribution in [0.1, 0.15) is 26.2 Å². The van der Waals surface area contributed by atoms with E-state index >= 15 is 0 Å². The van der Waals surface area contributed by atoms with Crippen LogP contribution in [0, 0.1) is 0 Å². The first-order valence-electron chi connectivity index (χ1n) is 4.65. The summed E-state index contributed by atoms with van der Waals surface area (Å²) < 4.78 is 0. The van der Waals surface area contributed by atoms with Crippen molar-refractivity contribution in [1.29, 1.82) is 0 Å². The fraction of sp³-hybridized carbons (Fsp3) is 0.889. The summed E-state index contributed by atoms with van der Waals surface area (Å²) in [5.41, 5.74) is 5.40. The largest absolute Gasteiger partial charge is 1.00 e.